The Bertz CT molecular complexity index is 537. The highest BCUT2D eigenvalue weighted by atomic mass is 16.6. The number of carbonyl (C=O) groups excluding carboxylic acids is 2. The first-order valence-corrected chi connectivity index (χ1v) is 6.30. The molecule has 7 heteroatoms. The molecule has 0 unspecified atom stereocenters. The Kier molecular flexibility index (Phi) is 6.59. The van der Waals surface area contributed by atoms with Gasteiger partial charge in [-0.3, -0.25) is 19.7 Å². The van der Waals surface area contributed by atoms with Gasteiger partial charge in [0.25, 0.3) is 5.69 Å². The molecule has 0 bridgehead atoms. The van der Waals surface area contributed by atoms with Gasteiger partial charge in [0.15, 0.2) is 0 Å². The first kappa shape index (κ1) is 16.4. The molecule has 21 heavy (non-hydrogen) atoms. The number of nitrogens with one attached hydrogen (secondary N) is 1. The van der Waals surface area contributed by atoms with Crippen molar-refractivity contribution in [3.05, 3.63) is 46.0 Å². The van der Waals surface area contributed by atoms with Gasteiger partial charge in [-0.25, -0.2) is 0 Å². The van der Waals surface area contributed by atoms with E-state index in [-0.39, 0.29) is 24.0 Å². The second-order valence-corrected chi connectivity index (χ2v) is 4.15. The molecule has 1 rings (SSSR count). The Morgan fingerprint density at radius 3 is 2.57 bits per heavy atom. The number of carbonyl (C=O) groups is 2. The van der Waals surface area contributed by atoms with Crippen LogP contribution in [0.4, 0.5) is 5.69 Å². The molecule has 1 aromatic carbocycles. The maximum Gasteiger partial charge on any atom is 0.305 e. The number of methoxy groups -OCH3 is 1. The third-order valence-electron chi connectivity index (χ3n) is 2.62. The number of rotatable bonds is 7. The lowest BCUT2D eigenvalue weighted by Gasteiger charge is -2.01. The van der Waals surface area contributed by atoms with Crippen molar-refractivity contribution in [3.63, 3.8) is 0 Å². The Labute approximate surface area is 121 Å². The zero-order chi connectivity index (χ0) is 15.7. The van der Waals surface area contributed by atoms with E-state index >= 15 is 0 Å². The molecule has 0 fully saturated rings. The fraction of sp³-hybridized carbons (Fsp3) is 0.286. The van der Waals surface area contributed by atoms with Crippen LogP contribution in [0.5, 0.6) is 0 Å². The minimum absolute atomic E-state index is 0.000545. The number of nitro benzene ring substituents is 1. The lowest BCUT2D eigenvalue weighted by atomic mass is 10.2. The molecule has 0 aromatic heterocycles. The van der Waals surface area contributed by atoms with Gasteiger partial charge in [0.2, 0.25) is 5.91 Å². The van der Waals surface area contributed by atoms with Gasteiger partial charge in [0.1, 0.15) is 0 Å². The Morgan fingerprint density at radius 2 is 2.00 bits per heavy atom. The number of hydrogen-bond acceptors (Lipinski definition) is 5. The first-order valence-electron chi connectivity index (χ1n) is 6.30. The summed E-state index contributed by atoms with van der Waals surface area (Å²) in [6.45, 7) is 0.374. The van der Waals surface area contributed by atoms with Gasteiger partial charge in [-0.1, -0.05) is 0 Å². The summed E-state index contributed by atoms with van der Waals surface area (Å²) in [6, 6.07) is 5.85. The van der Waals surface area contributed by atoms with E-state index in [4.69, 9.17) is 0 Å². The molecule has 0 atom stereocenters. The van der Waals surface area contributed by atoms with Crippen molar-refractivity contribution in [2.75, 3.05) is 13.7 Å². The number of benzene rings is 1. The summed E-state index contributed by atoms with van der Waals surface area (Å²) in [5.41, 5.74) is 0.685. The molecule has 1 aromatic rings. The Balaban J connectivity index is 2.36. The number of amides is 1. The van der Waals surface area contributed by atoms with Gasteiger partial charge in [0.05, 0.1) is 12.0 Å². The molecule has 7 nitrogen and oxygen atoms in total. The highest BCUT2D eigenvalue weighted by Crippen LogP contribution is 2.12. The molecule has 0 saturated heterocycles. The molecule has 0 saturated carbocycles. The van der Waals surface area contributed by atoms with Crippen LogP contribution in [0.3, 0.4) is 0 Å². The van der Waals surface area contributed by atoms with Gasteiger partial charge in [0, 0.05) is 31.2 Å². The topological polar surface area (TPSA) is 98.5 Å². The third kappa shape index (κ3) is 6.33. The third-order valence-corrected chi connectivity index (χ3v) is 2.62. The number of ether oxygens (including phenoxy) is 1. The molecule has 1 amide bonds. The van der Waals surface area contributed by atoms with E-state index in [0.717, 1.165) is 0 Å². The molecule has 0 spiro atoms. The predicted octanol–water partition coefficient (Wildman–Crippen LogP) is 1.68. The highest BCUT2D eigenvalue weighted by molar-refractivity contribution is 5.91. The molecule has 1 N–H and O–H groups in total. The van der Waals surface area contributed by atoms with Crippen LogP contribution in [0.15, 0.2) is 30.3 Å². The average molecular weight is 292 g/mol. The normalized spacial score (nSPS) is 10.3. The fourth-order valence-corrected chi connectivity index (χ4v) is 1.48. The zero-order valence-electron chi connectivity index (χ0n) is 11.6. The molecule has 112 valence electrons. The molecule has 0 aliphatic heterocycles. The van der Waals surface area contributed by atoms with E-state index in [1.54, 1.807) is 18.2 Å². The summed E-state index contributed by atoms with van der Waals surface area (Å²) in [7, 11) is 1.31. The van der Waals surface area contributed by atoms with Crippen molar-refractivity contribution < 1.29 is 19.2 Å². The zero-order valence-corrected chi connectivity index (χ0v) is 11.6. The Hall–Kier alpha value is -2.70. The van der Waals surface area contributed by atoms with Crippen LogP contribution in [0.1, 0.15) is 18.4 Å². The summed E-state index contributed by atoms with van der Waals surface area (Å²) in [5, 5.41) is 13.1. The van der Waals surface area contributed by atoms with Crippen molar-refractivity contribution in [3.8, 4) is 0 Å². The van der Waals surface area contributed by atoms with Crippen LogP contribution in [0, 0.1) is 10.1 Å². The van der Waals surface area contributed by atoms with Crippen molar-refractivity contribution in [1.82, 2.24) is 5.32 Å². The maximum atomic E-state index is 11.5. The van der Waals surface area contributed by atoms with E-state index in [9.17, 15) is 19.7 Å². The van der Waals surface area contributed by atoms with Crippen LogP contribution < -0.4 is 5.32 Å². The van der Waals surface area contributed by atoms with Crippen molar-refractivity contribution in [1.29, 1.82) is 0 Å². The molecular formula is C14H16N2O5. The molecule has 0 aliphatic carbocycles. The van der Waals surface area contributed by atoms with E-state index in [2.05, 4.69) is 10.1 Å². The molecule has 0 radical (unpaired) electrons. The van der Waals surface area contributed by atoms with Crippen LogP contribution in [0.2, 0.25) is 0 Å². The predicted molar refractivity (Wildman–Crippen MR) is 76.4 cm³/mol. The molecular weight excluding hydrogens is 276 g/mol. The SMILES string of the molecule is COC(=O)CCCNC(=O)/C=C/c1ccc([N+](=O)[O-])cc1. The molecule has 0 heterocycles. The number of non-ortho nitro benzene ring substituents is 1. The monoisotopic (exact) mass is 292 g/mol. The van der Waals surface area contributed by atoms with Gasteiger partial charge in [-0.15, -0.1) is 0 Å². The molecule has 0 aliphatic rings. The quantitative estimate of drug-likeness (QED) is 0.271. The minimum Gasteiger partial charge on any atom is -0.469 e. The maximum absolute atomic E-state index is 11.5. The minimum atomic E-state index is -0.485. The summed E-state index contributed by atoms with van der Waals surface area (Å²) in [4.78, 5) is 32.3. The van der Waals surface area contributed by atoms with E-state index in [1.165, 1.54) is 25.3 Å². The van der Waals surface area contributed by atoms with Crippen molar-refractivity contribution in [2.24, 2.45) is 0 Å². The summed E-state index contributed by atoms with van der Waals surface area (Å²) >= 11 is 0. The van der Waals surface area contributed by atoms with Crippen LogP contribution in [-0.4, -0.2) is 30.5 Å². The van der Waals surface area contributed by atoms with Gasteiger partial charge in [-0.05, 0) is 30.2 Å². The highest BCUT2D eigenvalue weighted by Gasteiger charge is 2.03. The number of nitro groups is 1. The average Bonchev–Trinajstić information content (AvgIpc) is 2.49. The number of hydrogen-bond donors (Lipinski definition) is 1. The summed E-state index contributed by atoms with van der Waals surface area (Å²) in [5.74, 6) is -0.608. The number of nitrogens with zero attached hydrogens (tertiary/aromatic N) is 1. The van der Waals surface area contributed by atoms with Crippen molar-refractivity contribution >= 4 is 23.6 Å². The number of esters is 1. The lowest BCUT2D eigenvalue weighted by Crippen LogP contribution is -2.22. The standard InChI is InChI=1S/C14H16N2O5/c1-21-14(18)3-2-10-15-13(17)9-6-11-4-7-12(8-5-11)16(19)20/h4-9H,2-3,10H2,1H3,(H,15,17)/b9-6+. The smallest absolute Gasteiger partial charge is 0.305 e. The summed E-state index contributed by atoms with van der Waals surface area (Å²) < 4.78 is 4.48. The fourth-order valence-electron chi connectivity index (χ4n) is 1.48. The van der Waals surface area contributed by atoms with E-state index in [0.29, 0.717) is 18.5 Å². The van der Waals surface area contributed by atoms with Crippen LogP contribution in [0.25, 0.3) is 6.08 Å². The Morgan fingerprint density at radius 1 is 1.33 bits per heavy atom. The van der Waals surface area contributed by atoms with Crippen LogP contribution >= 0.6 is 0 Å². The van der Waals surface area contributed by atoms with Gasteiger partial charge < -0.3 is 10.1 Å². The largest absolute Gasteiger partial charge is 0.469 e. The van der Waals surface area contributed by atoms with E-state index < -0.39 is 4.92 Å². The second kappa shape index (κ2) is 8.47. The van der Waals surface area contributed by atoms with Gasteiger partial charge >= 0.3 is 5.97 Å². The van der Waals surface area contributed by atoms with E-state index in [1.807, 2.05) is 0 Å². The summed E-state index contributed by atoms with van der Waals surface area (Å²) in [6.07, 6.45) is 3.64. The lowest BCUT2D eigenvalue weighted by molar-refractivity contribution is -0.384. The van der Waals surface area contributed by atoms with Gasteiger partial charge in [-0.2, -0.15) is 0 Å². The van der Waals surface area contributed by atoms with Crippen molar-refractivity contribution in [2.45, 2.75) is 12.8 Å². The first-order chi connectivity index (χ1) is 10.0. The second-order valence-electron chi connectivity index (χ2n) is 4.15. The van der Waals surface area contributed by atoms with Crippen LogP contribution in [-0.2, 0) is 14.3 Å².